The summed E-state index contributed by atoms with van der Waals surface area (Å²) < 4.78 is 13.5. The summed E-state index contributed by atoms with van der Waals surface area (Å²) in [7, 11) is 0. The Labute approximate surface area is 119 Å². The Kier molecular flexibility index (Phi) is 5.25. The van der Waals surface area contributed by atoms with Crippen molar-refractivity contribution in [3.05, 3.63) is 35.1 Å². The molecule has 0 aromatic heterocycles. The summed E-state index contributed by atoms with van der Waals surface area (Å²) in [5.41, 5.74) is 8.14. The summed E-state index contributed by atoms with van der Waals surface area (Å²) in [5, 5.41) is 0.677. The molecule has 2 unspecified atom stereocenters. The van der Waals surface area contributed by atoms with Crippen LogP contribution in [-0.4, -0.2) is 35.5 Å². The molecule has 106 valence electrons. The lowest BCUT2D eigenvalue weighted by atomic mass is 9.99. The molecule has 2 N–H and O–H groups in total. The molecule has 4 heteroatoms. The summed E-state index contributed by atoms with van der Waals surface area (Å²) in [5.74, 6) is 0.973. The van der Waals surface area contributed by atoms with E-state index in [1.165, 1.54) is 12.5 Å². The van der Waals surface area contributed by atoms with E-state index in [4.69, 9.17) is 5.73 Å². The molecule has 19 heavy (non-hydrogen) atoms. The van der Waals surface area contributed by atoms with E-state index >= 15 is 0 Å². The number of hydrogen-bond donors (Lipinski definition) is 1. The molecule has 2 rings (SSSR count). The number of aryl methyl sites for hydroxylation is 1. The van der Waals surface area contributed by atoms with Gasteiger partial charge in [0.2, 0.25) is 0 Å². The van der Waals surface area contributed by atoms with Crippen LogP contribution in [-0.2, 0) is 0 Å². The predicted molar refractivity (Wildman–Crippen MR) is 81.0 cm³/mol. The van der Waals surface area contributed by atoms with Crippen molar-refractivity contribution in [3.63, 3.8) is 0 Å². The highest BCUT2D eigenvalue weighted by Gasteiger charge is 2.26. The normalized spacial score (nSPS) is 22.4. The molecule has 0 aliphatic carbocycles. The summed E-state index contributed by atoms with van der Waals surface area (Å²) in [6.07, 6.45) is 1.18. The van der Waals surface area contributed by atoms with Crippen molar-refractivity contribution >= 4 is 11.8 Å². The Morgan fingerprint density at radius 3 is 3.00 bits per heavy atom. The Hall–Kier alpha value is -0.580. The second-order valence-corrected chi connectivity index (χ2v) is 6.56. The molecule has 0 radical (unpaired) electrons. The minimum absolute atomic E-state index is 0.144. The molecule has 2 nitrogen and oxygen atoms in total. The largest absolute Gasteiger partial charge is 0.329 e. The zero-order valence-electron chi connectivity index (χ0n) is 11.7. The van der Waals surface area contributed by atoms with Crippen LogP contribution in [0.4, 0.5) is 4.39 Å². The van der Waals surface area contributed by atoms with E-state index in [1.807, 2.05) is 24.8 Å². The van der Waals surface area contributed by atoms with Crippen LogP contribution in [0.2, 0.25) is 0 Å². The van der Waals surface area contributed by atoms with E-state index < -0.39 is 0 Å². The zero-order valence-corrected chi connectivity index (χ0v) is 12.5. The first-order valence-corrected chi connectivity index (χ1v) is 8.02. The van der Waals surface area contributed by atoms with Gasteiger partial charge in [0.25, 0.3) is 0 Å². The van der Waals surface area contributed by atoms with Gasteiger partial charge < -0.3 is 5.73 Å². The maximum atomic E-state index is 13.5. The van der Waals surface area contributed by atoms with Gasteiger partial charge >= 0.3 is 0 Å². The highest BCUT2D eigenvalue weighted by Crippen LogP contribution is 2.30. The molecular weight excluding hydrogens is 259 g/mol. The third-order valence-electron chi connectivity index (χ3n) is 3.89. The summed E-state index contributed by atoms with van der Waals surface area (Å²) >= 11 is 2.04. The monoisotopic (exact) mass is 282 g/mol. The lowest BCUT2D eigenvalue weighted by molar-refractivity contribution is 0.206. The number of hydrogen-bond acceptors (Lipinski definition) is 3. The van der Waals surface area contributed by atoms with E-state index in [2.05, 4.69) is 11.8 Å². The van der Waals surface area contributed by atoms with Crippen LogP contribution in [0.1, 0.15) is 30.5 Å². The number of thioether (sulfide) groups is 1. The van der Waals surface area contributed by atoms with Gasteiger partial charge in [-0.2, -0.15) is 11.8 Å². The molecule has 1 aliphatic heterocycles. The second kappa shape index (κ2) is 6.73. The van der Waals surface area contributed by atoms with Crippen LogP contribution in [0, 0.1) is 12.7 Å². The van der Waals surface area contributed by atoms with Crippen LogP contribution < -0.4 is 5.73 Å². The van der Waals surface area contributed by atoms with E-state index in [0.717, 1.165) is 30.0 Å². The number of nitrogens with two attached hydrogens (primary N) is 1. The van der Waals surface area contributed by atoms with Gasteiger partial charge in [-0.1, -0.05) is 13.0 Å². The number of nitrogens with zero attached hydrogens (tertiary/aromatic N) is 1. The lowest BCUT2D eigenvalue weighted by Crippen LogP contribution is -2.43. The van der Waals surface area contributed by atoms with E-state index in [-0.39, 0.29) is 11.9 Å². The van der Waals surface area contributed by atoms with E-state index in [1.54, 1.807) is 6.07 Å². The number of benzene rings is 1. The van der Waals surface area contributed by atoms with Gasteiger partial charge in [-0.25, -0.2) is 4.39 Å². The highest BCUT2D eigenvalue weighted by atomic mass is 32.2. The van der Waals surface area contributed by atoms with Crippen molar-refractivity contribution in [2.75, 3.05) is 25.4 Å². The number of halogens is 1. The highest BCUT2D eigenvalue weighted by molar-refractivity contribution is 8.00. The van der Waals surface area contributed by atoms with Gasteiger partial charge in [0.15, 0.2) is 0 Å². The maximum absolute atomic E-state index is 13.5. The van der Waals surface area contributed by atoms with E-state index in [0.29, 0.717) is 11.8 Å². The molecule has 1 saturated heterocycles. The summed E-state index contributed by atoms with van der Waals surface area (Å²) in [4.78, 5) is 2.42. The fourth-order valence-electron chi connectivity index (χ4n) is 2.72. The Morgan fingerprint density at radius 1 is 1.53 bits per heavy atom. The van der Waals surface area contributed by atoms with Crippen LogP contribution in [0.15, 0.2) is 18.2 Å². The standard InChI is InChI=1S/C15H23FN2S/c1-3-13-10-18(6-7-19-13)15(9-17)14-8-12(16)5-4-11(14)2/h4-5,8,13,15H,3,6-7,9-10,17H2,1-2H3. The third kappa shape index (κ3) is 3.50. The van der Waals surface area contributed by atoms with Crippen molar-refractivity contribution in [1.29, 1.82) is 0 Å². The molecule has 1 aromatic carbocycles. The van der Waals surface area contributed by atoms with Crippen molar-refractivity contribution in [2.24, 2.45) is 5.73 Å². The smallest absolute Gasteiger partial charge is 0.123 e. The molecule has 1 aromatic rings. The van der Waals surface area contributed by atoms with Crippen molar-refractivity contribution in [1.82, 2.24) is 4.90 Å². The maximum Gasteiger partial charge on any atom is 0.123 e. The van der Waals surface area contributed by atoms with Gasteiger partial charge in [-0.3, -0.25) is 4.90 Å². The van der Waals surface area contributed by atoms with Crippen molar-refractivity contribution in [2.45, 2.75) is 31.6 Å². The fraction of sp³-hybridized carbons (Fsp3) is 0.600. The van der Waals surface area contributed by atoms with Crippen molar-refractivity contribution < 1.29 is 4.39 Å². The number of rotatable bonds is 4. The first-order valence-electron chi connectivity index (χ1n) is 6.97. The average Bonchev–Trinajstić information content (AvgIpc) is 2.44. The molecule has 2 atom stereocenters. The molecule has 0 saturated carbocycles. The Morgan fingerprint density at radius 2 is 2.32 bits per heavy atom. The molecule has 0 bridgehead atoms. The quantitative estimate of drug-likeness (QED) is 0.920. The SMILES string of the molecule is CCC1CN(C(CN)c2cc(F)ccc2C)CCS1. The average molecular weight is 282 g/mol. The van der Waals surface area contributed by atoms with Crippen LogP contribution in [0.25, 0.3) is 0 Å². The summed E-state index contributed by atoms with van der Waals surface area (Å²) in [6, 6.07) is 5.16. The second-order valence-electron chi connectivity index (χ2n) is 5.15. The third-order valence-corrected chi connectivity index (χ3v) is 5.26. The van der Waals surface area contributed by atoms with Crippen molar-refractivity contribution in [3.8, 4) is 0 Å². The van der Waals surface area contributed by atoms with Gasteiger partial charge in [0.1, 0.15) is 5.82 Å². The first kappa shape index (κ1) is 14.8. The van der Waals surface area contributed by atoms with Gasteiger partial charge in [-0.05, 0) is 36.6 Å². The molecule has 1 aliphatic rings. The van der Waals surface area contributed by atoms with E-state index in [9.17, 15) is 4.39 Å². The fourth-order valence-corrected chi connectivity index (χ4v) is 3.92. The molecule has 1 heterocycles. The molecule has 0 amide bonds. The van der Waals surface area contributed by atoms with Gasteiger partial charge in [0.05, 0.1) is 0 Å². The first-order chi connectivity index (χ1) is 9.15. The lowest BCUT2D eigenvalue weighted by Gasteiger charge is -2.38. The van der Waals surface area contributed by atoms with Gasteiger partial charge in [0, 0.05) is 36.7 Å². The minimum Gasteiger partial charge on any atom is -0.329 e. The molecular formula is C15H23FN2S. The van der Waals surface area contributed by atoms with Crippen LogP contribution in [0.3, 0.4) is 0 Å². The summed E-state index contributed by atoms with van der Waals surface area (Å²) in [6.45, 7) is 6.91. The Bertz CT molecular complexity index is 425. The topological polar surface area (TPSA) is 29.3 Å². The zero-order chi connectivity index (χ0) is 13.8. The predicted octanol–water partition coefficient (Wildman–Crippen LogP) is 2.96. The van der Waals surface area contributed by atoms with Crippen LogP contribution >= 0.6 is 11.8 Å². The van der Waals surface area contributed by atoms with Gasteiger partial charge in [-0.15, -0.1) is 0 Å². The molecule has 0 spiro atoms. The Balaban J connectivity index is 2.21. The molecule has 1 fully saturated rings. The minimum atomic E-state index is -0.169. The van der Waals surface area contributed by atoms with Crippen LogP contribution in [0.5, 0.6) is 0 Å².